The standard InChI is InChI=1S/C17H26N2O4/c1-5-11-17(22,12-6-2)15(20)18-19(16(21)23-4)14-9-7-13(3)8-10-14/h7-10,22H,5-6,11-12H2,1-4H3,(H,18,20). The Balaban J connectivity index is 3.02. The number of hydrogen-bond donors (Lipinski definition) is 2. The van der Waals surface area contributed by atoms with E-state index in [1.807, 2.05) is 32.9 Å². The molecule has 0 saturated carbocycles. The van der Waals surface area contributed by atoms with E-state index >= 15 is 0 Å². The summed E-state index contributed by atoms with van der Waals surface area (Å²) < 4.78 is 4.72. The first-order chi connectivity index (χ1) is 10.9. The number of ether oxygens (including phenoxy) is 1. The largest absolute Gasteiger partial charge is 0.451 e. The van der Waals surface area contributed by atoms with Gasteiger partial charge < -0.3 is 9.84 Å². The zero-order chi connectivity index (χ0) is 17.5. The highest BCUT2D eigenvalue weighted by Crippen LogP contribution is 2.21. The molecule has 1 rings (SSSR count). The molecule has 0 unspecified atom stereocenters. The van der Waals surface area contributed by atoms with E-state index in [4.69, 9.17) is 4.74 Å². The summed E-state index contributed by atoms with van der Waals surface area (Å²) >= 11 is 0. The summed E-state index contributed by atoms with van der Waals surface area (Å²) in [6.45, 7) is 5.71. The van der Waals surface area contributed by atoms with E-state index < -0.39 is 17.6 Å². The topological polar surface area (TPSA) is 78.9 Å². The number of anilines is 1. The number of methoxy groups -OCH3 is 1. The van der Waals surface area contributed by atoms with Crippen molar-refractivity contribution in [3.05, 3.63) is 29.8 Å². The smallest absolute Gasteiger partial charge is 0.433 e. The number of aliphatic hydroxyl groups is 1. The Labute approximate surface area is 137 Å². The number of rotatable bonds is 6. The quantitative estimate of drug-likeness (QED) is 0.789. The van der Waals surface area contributed by atoms with E-state index in [-0.39, 0.29) is 0 Å². The van der Waals surface area contributed by atoms with Crippen molar-refractivity contribution < 1.29 is 19.4 Å². The van der Waals surface area contributed by atoms with E-state index in [0.29, 0.717) is 31.4 Å². The van der Waals surface area contributed by atoms with Crippen LogP contribution in [0.25, 0.3) is 0 Å². The molecule has 0 spiro atoms. The molecule has 1 aromatic carbocycles. The molecule has 0 bridgehead atoms. The number of hydrogen-bond acceptors (Lipinski definition) is 4. The van der Waals surface area contributed by atoms with Crippen LogP contribution >= 0.6 is 0 Å². The van der Waals surface area contributed by atoms with Gasteiger partial charge in [0.05, 0.1) is 12.8 Å². The van der Waals surface area contributed by atoms with Crippen LogP contribution < -0.4 is 10.4 Å². The SMILES string of the molecule is CCCC(O)(CCC)C(=O)NN(C(=O)OC)c1ccc(C)cc1. The van der Waals surface area contributed by atoms with Gasteiger partial charge in [0, 0.05) is 0 Å². The van der Waals surface area contributed by atoms with Crippen molar-refractivity contribution in [1.82, 2.24) is 5.43 Å². The first-order valence-corrected chi connectivity index (χ1v) is 7.86. The Bertz CT molecular complexity index is 522. The fourth-order valence-corrected chi connectivity index (χ4v) is 2.39. The average molecular weight is 322 g/mol. The zero-order valence-corrected chi connectivity index (χ0v) is 14.3. The third kappa shape index (κ3) is 4.96. The van der Waals surface area contributed by atoms with Crippen LogP contribution in [0.15, 0.2) is 24.3 Å². The molecule has 0 saturated heterocycles. The van der Waals surface area contributed by atoms with E-state index in [9.17, 15) is 14.7 Å². The van der Waals surface area contributed by atoms with Crippen LogP contribution in [0.2, 0.25) is 0 Å². The second kappa shape index (κ2) is 8.53. The van der Waals surface area contributed by atoms with Crippen molar-refractivity contribution in [2.75, 3.05) is 12.1 Å². The molecule has 0 aliphatic carbocycles. The number of hydrazine groups is 1. The number of nitrogens with one attached hydrogen (secondary N) is 1. The molecule has 0 aliphatic rings. The lowest BCUT2D eigenvalue weighted by Gasteiger charge is -2.30. The third-order valence-electron chi connectivity index (χ3n) is 3.61. The number of carbonyl (C=O) groups excluding carboxylic acids is 2. The van der Waals surface area contributed by atoms with Crippen molar-refractivity contribution in [2.45, 2.75) is 52.1 Å². The Morgan fingerprint density at radius 3 is 2.13 bits per heavy atom. The summed E-state index contributed by atoms with van der Waals surface area (Å²) in [7, 11) is 1.24. The Hall–Kier alpha value is -2.08. The van der Waals surface area contributed by atoms with Crippen LogP contribution in [0.1, 0.15) is 45.1 Å². The van der Waals surface area contributed by atoms with Crippen LogP contribution in [-0.2, 0) is 9.53 Å². The first kappa shape index (κ1) is 19.0. The molecule has 2 N–H and O–H groups in total. The molecule has 0 heterocycles. The Kier molecular flexibility index (Phi) is 7.03. The number of nitrogens with zero attached hydrogens (tertiary/aromatic N) is 1. The lowest BCUT2D eigenvalue weighted by atomic mass is 9.92. The molecule has 6 nitrogen and oxygen atoms in total. The van der Waals surface area contributed by atoms with Crippen molar-refractivity contribution in [2.24, 2.45) is 0 Å². The van der Waals surface area contributed by atoms with Gasteiger partial charge in [-0.25, -0.2) is 4.79 Å². The maximum Gasteiger partial charge on any atom is 0.433 e. The monoisotopic (exact) mass is 322 g/mol. The van der Waals surface area contributed by atoms with Crippen LogP contribution in [0.4, 0.5) is 10.5 Å². The predicted molar refractivity (Wildman–Crippen MR) is 89.0 cm³/mol. The van der Waals surface area contributed by atoms with Gasteiger partial charge in [0.2, 0.25) is 0 Å². The molecule has 0 radical (unpaired) electrons. The lowest BCUT2D eigenvalue weighted by molar-refractivity contribution is -0.141. The minimum Gasteiger partial charge on any atom is -0.451 e. The van der Waals surface area contributed by atoms with Gasteiger partial charge in [-0.15, -0.1) is 0 Å². The van der Waals surface area contributed by atoms with Crippen molar-refractivity contribution in [3.63, 3.8) is 0 Å². The number of aryl methyl sites for hydroxylation is 1. The first-order valence-electron chi connectivity index (χ1n) is 7.86. The van der Waals surface area contributed by atoms with Crippen LogP contribution in [0.5, 0.6) is 0 Å². The fourth-order valence-electron chi connectivity index (χ4n) is 2.39. The molecule has 2 amide bonds. The van der Waals surface area contributed by atoms with Crippen molar-refractivity contribution in [3.8, 4) is 0 Å². The van der Waals surface area contributed by atoms with E-state index in [2.05, 4.69) is 5.43 Å². The fraction of sp³-hybridized carbons (Fsp3) is 0.529. The molecule has 23 heavy (non-hydrogen) atoms. The van der Waals surface area contributed by atoms with Crippen molar-refractivity contribution >= 4 is 17.7 Å². The normalized spacial score (nSPS) is 11.0. The summed E-state index contributed by atoms with van der Waals surface area (Å²) in [6.07, 6.45) is 1.25. The Morgan fingerprint density at radius 1 is 1.17 bits per heavy atom. The summed E-state index contributed by atoms with van der Waals surface area (Å²) in [6, 6.07) is 7.04. The maximum absolute atomic E-state index is 12.5. The van der Waals surface area contributed by atoms with Gasteiger partial charge in [0.25, 0.3) is 5.91 Å². The third-order valence-corrected chi connectivity index (χ3v) is 3.61. The molecule has 128 valence electrons. The van der Waals surface area contributed by atoms with Crippen LogP contribution in [0, 0.1) is 6.92 Å². The zero-order valence-electron chi connectivity index (χ0n) is 14.3. The highest BCUT2D eigenvalue weighted by molar-refractivity contribution is 5.94. The van der Waals surface area contributed by atoms with Gasteiger partial charge in [0.15, 0.2) is 0 Å². The highest BCUT2D eigenvalue weighted by Gasteiger charge is 2.36. The molecular formula is C17H26N2O4. The molecule has 0 aliphatic heterocycles. The van der Waals surface area contributed by atoms with Gasteiger partial charge in [-0.3, -0.25) is 10.2 Å². The van der Waals surface area contributed by atoms with Crippen molar-refractivity contribution in [1.29, 1.82) is 0 Å². The average Bonchev–Trinajstić information content (AvgIpc) is 2.53. The van der Waals surface area contributed by atoms with Gasteiger partial charge in [-0.05, 0) is 31.9 Å². The number of carbonyl (C=O) groups is 2. The van der Waals surface area contributed by atoms with E-state index in [0.717, 1.165) is 10.6 Å². The minimum atomic E-state index is -1.50. The number of benzene rings is 1. The van der Waals surface area contributed by atoms with E-state index in [1.54, 1.807) is 12.1 Å². The maximum atomic E-state index is 12.5. The summed E-state index contributed by atoms with van der Waals surface area (Å²) in [5, 5.41) is 11.6. The van der Waals surface area contributed by atoms with Crippen LogP contribution in [-0.4, -0.2) is 29.8 Å². The molecule has 1 aromatic rings. The molecule has 0 fully saturated rings. The molecule has 6 heteroatoms. The Morgan fingerprint density at radius 2 is 1.70 bits per heavy atom. The van der Waals surface area contributed by atoms with Gasteiger partial charge in [0.1, 0.15) is 5.60 Å². The van der Waals surface area contributed by atoms with Gasteiger partial charge in [-0.1, -0.05) is 44.4 Å². The summed E-state index contributed by atoms with van der Waals surface area (Å²) in [5.74, 6) is -0.604. The molecule has 0 atom stereocenters. The minimum absolute atomic E-state index is 0.329. The second-order valence-electron chi connectivity index (χ2n) is 5.61. The second-order valence-corrected chi connectivity index (χ2v) is 5.61. The summed E-state index contributed by atoms with van der Waals surface area (Å²) in [5.41, 5.74) is 2.47. The molecular weight excluding hydrogens is 296 g/mol. The lowest BCUT2D eigenvalue weighted by Crippen LogP contribution is -2.55. The highest BCUT2D eigenvalue weighted by atomic mass is 16.5. The van der Waals surface area contributed by atoms with E-state index in [1.165, 1.54) is 7.11 Å². The van der Waals surface area contributed by atoms with Gasteiger partial charge >= 0.3 is 6.09 Å². The number of amides is 2. The molecule has 0 aromatic heterocycles. The van der Waals surface area contributed by atoms with Gasteiger partial charge in [-0.2, -0.15) is 5.01 Å². The summed E-state index contributed by atoms with van der Waals surface area (Å²) in [4.78, 5) is 24.5. The van der Waals surface area contributed by atoms with Crippen LogP contribution in [0.3, 0.4) is 0 Å². The predicted octanol–water partition coefficient (Wildman–Crippen LogP) is 2.93.